The third-order valence-electron chi connectivity index (χ3n) is 2.24. The van der Waals surface area contributed by atoms with Gasteiger partial charge in [-0.1, -0.05) is 26.2 Å². The van der Waals surface area contributed by atoms with E-state index in [-0.39, 0.29) is 0 Å². The molecule has 0 aromatic heterocycles. The van der Waals surface area contributed by atoms with Crippen LogP contribution in [0.25, 0.3) is 0 Å². The van der Waals surface area contributed by atoms with Gasteiger partial charge in [0.15, 0.2) is 0 Å². The van der Waals surface area contributed by atoms with Gasteiger partial charge in [-0.25, -0.2) is 0 Å². The average molecular weight is 202 g/mol. The van der Waals surface area contributed by atoms with Gasteiger partial charge < -0.3 is 15.8 Å². The molecule has 0 heterocycles. The Bertz CT molecular complexity index is 109. The van der Waals surface area contributed by atoms with Gasteiger partial charge in [0.1, 0.15) is 0 Å². The lowest BCUT2D eigenvalue weighted by atomic mass is 10.1. The largest absolute Gasteiger partial charge is 0.379 e. The highest BCUT2D eigenvalue weighted by molar-refractivity contribution is 4.59. The van der Waals surface area contributed by atoms with Crippen molar-refractivity contribution in [2.24, 2.45) is 5.73 Å². The van der Waals surface area contributed by atoms with Crippen LogP contribution in [0.2, 0.25) is 0 Å². The normalized spacial score (nSPS) is 13.1. The Hall–Kier alpha value is -0.120. The predicted molar refractivity (Wildman–Crippen MR) is 61.5 cm³/mol. The van der Waals surface area contributed by atoms with E-state index < -0.39 is 0 Å². The molecular formula is C11H26N2O. The molecule has 0 aromatic carbocycles. The molecule has 0 saturated carbocycles. The van der Waals surface area contributed by atoms with Gasteiger partial charge in [0, 0.05) is 19.1 Å². The van der Waals surface area contributed by atoms with Crippen LogP contribution in [0.15, 0.2) is 0 Å². The van der Waals surface area contributed by atoms with E-state index >= 15 is 0 Å². The van der Waals surface area contributed by atoms with Crippen molar-refractivity contribution in [1.29, 1.82) is 0 Å². The Kier molecular flexibility index (Phi) is 10.9. The van der Waals surface area contributed by atoms with E-state index in [0.717, 1.165) is 13.2 Å². The number of rotatable bonds is 10. The molecule has 0 fully saturated rings. The van der Waals surface area contributed by atoms with Crippen molar-refractivity contribution in [2.75, 3.05) is 26.3 Å². The molecule has 0 rings (SSSR count). The number of nitrogens with two attached hydrogens (primary N) is 1. The smallest absolute Gasteiger partial charge is 0.0591 e. The van der Waals surface area contributed by atoms with Gasteiger partial charge in [-0.3, -0.25) is 0 Å². The topological polar surface area (TPSA) is 47.3 Å². The van der Waals surface area contributed by atoms with Gasteiger partial charge in [-0.2, -0.15) is 0 Å². The zero-order valence-electron chi connectivity index (χ0n) is 9.72. The lowest BCUT2D eigenvalue weighted by Crippen LogP contribution is -2.29. The first kappa shape index (κ1) is 13.9. The van der Waals surface area contributed by atoms with Gasteiger partial charge in [-0.05, 0) is 13.3 Å². The fourth-order valence-corrected chi connectivity index (χ4v) is 1.37. The average Bonchev–Trinajstić information content (AvgIpc) is 2.18. The standard InChI is InChI=1S/C11H26N2O/c1-3-4-5-6-11(2)13-8-10-14-9-7-12/h11,13H,3-10,12H2,1-2H3. The molecule has 14 heavy (non-hydrogen) atoms. The zero-order chi connectivity index (χ0) is 10.6. The Morgan fingerprint density at radius 1 is 1.29 bits per heavy atom. The Labute approximate surface area is 88.4 Å². The molecule has 86 valence electrons. The monoisotopic (exact) mass is 202 g/mol. The van der Waals surface area contributed by atoms with Crippen LogP contribution < -0.4 is 11.1 Å². The molecule has 3 N–H and O–H groups in total. The van der Waals surface area contributed by atoms with Crippen LogP contribution in [0.3, 0.4) is 0 Å². The summed E-state index contributed by atoms with van der Waals surface area (Å²) in [5.41, 5.74) is 5.31. The maximum Gasteiger partial charge on any atom is 0.0591 e. The maximum atomic E-state index is 5.31. The second-order valence-corrected chi connectivity index (χ2v) is 3.75. The quantitative estimate of drug-likeness (QED) is 0.528. The number of hydrogen-bond donors (Lipinski definition) is 2. The van der Waals surface area contributed by atoms with Gasteiger partial charge in [0.2, 0.25) is 0 Å². The van der Waals surface area contributed by atoms with Gasteiger partial charge >= 0.3 is 0 Å². The minimum Gasteiger partial charge on any atom is -0.379 e. The highest BCUT2D eigenvalue weighted by Crippen LogP contribution is 2.02. The van der Waals surface area contributed by atoms with E-state index in [1.165, 1.54) is 25.7 Å². The van der Waals surface area contributed by atoms with Crippen molar-refractivity contribution in [1.82, 2.24) is 5.32 Å². The summed E-state index contributed by atoms with van der Waals surface area (Å²) in [5.74, 6) is 0. The molecule has 0 aliphatic rings. The molecule has 1 unspecified atom stereocenters. The summed E-state index contributed by atoms with van der Waals surface area (Å²) < 4.78 is 5.27. The number of unbranched alkanes of at least 4 members (excludes halogenated alkanes) is 2. The van der Waals surface area contributed by atoms with Gasteiger partial charge in [0.05, 0.1) is 13.2 Å². The van der Waals surface area contributed by atoms with Crippen molar-refractivity contribution < 1.29 is 4.74 Å². The summed E-state index contributed by atoms with van der Waals surface area (Å²) in [6.45, 7) is 7.47. The molecular weight excluding hydrogens is 176 g/mol. The van der Waals surface area contributed by atoms with Crippen LogP contribution in [0.1, 0.15) is 39.5 Å². The zero-order valence-corrected chi connectivity index (χ0v) is 9.72. The summed E-state index contributed by atoms with van der Waals surface area (Å²) in [5, 5.41) is 3.43. The number of ether oxygens (including phenoxy) is 1. The summed E-state index contributed by atoms with van der Waals surface area (Å²) in [4.78, 5) is 0. The Morgan fingerprint density at radius 3 is 2.71 bits per heavy atom. The second kappa shape index (κ2) is 11.0. The van der Waals surface area contributed by atoms with E-state index in [4.69, 9.17) is 10.5 Å². The minimum atomic E-state index is 0.614. The van der Waals surface area contributed by atoms with Crippen LogP contribution in [0, 0.1) is 0 Å². The van der Waals surface area contributed by atoms with E-state index in [0.29, 0.717) is 19.2 Å². The van der Waals surface area contributed by atoms with E-state index in [2.05, 4.69) is 19.2 Å². The summed E-state index contributed by atoms with van der Waals surface area (Å²) in [6, 6.07) is 0.614. The first-order chi connectivity index (χ1) is 6.81. The summed E-state index contributed by atoms with van der Waals surface area (Å²) in [7, 11) is 0. The highest BCUT2D eigenvalue weighted by Gasteiger charge is 1.99. The SMILES string of the molecule is CCCCCC(C)NCCOCCN. The minimum absolute atomic E-state index is 0.614. The van der Waals surface area contributed by atoms with Crippen LogP contribution in [0.5, 0.6) is 0 Å². The van der Waals surface area contributed by atoms with Gasteiger partial charge in [0.25, 0.3) is 0 Å². The Morgan fingerprint density at radius 2 is 2.07 bits per heavy atom. The highest BCUT2D eigenvalue weighted by atomic mass is 16.5. The third-order valence-corrected chi connectivity index (χ3v) is 2.24. The first-order valence-electron chi connectivity index (χ1n) is 5.82. The molecule has 0 radical (unpaired) electrons. The van der Waals surface area contributed by atoms with Crippen molar-refractivity contribution in [2.45, 2.75) is 45.6 Å². The van der Waals surface area contributed by atoms with Crippen molar-refractivity contribution in [3.05, 3.63) is 0 Å². The lowest BCUT2D eigenvalue weighted by molar-refractivity contribution is 0.141. The van der Waals surface area contributed by atoms with Crippen LogP contribution in [0.4, 0.5) is 0 Å². The molecule has 0 bridgehead atoms. The molecule has 0 amide bonds. The number of nitrogens with one attached hydrogen (secondary N) is 1. The molecule has 0 saturated heterocycles. The van der Waals surface area contributed by atoms with Crippen LogP contribution in [-0.2, 0) is 4.74 Å². The fraction of sp³-hybridized carbons (Fsp3) is 1.00. The molecule has 3 heteroatoms. The van der Waals surface area contributed by atoms with Crippen LogP contribution >= 0.6 is 0 Å². The molecule has 0 aliphatic carbocycles. The molecule has 0 aromatic rings. The Balaban J connectivity index is 3.06. The van der Waals surface area contributed by atoms with E-state index in [1.54, 1.807) is 0 Å². The molecule has 1 atom stereocenters. The van der Waals surface area contributed by atoms with Crippen LogP contribution in [-0.4, -0.2) is 32.3 Å². The van der Waals surface area contributed by atoms with Crippen molar-refractivity contribution in [3.63, 3.8) is 0 Å². The third kappa shape index (κ3) is 9.96. The van der Waals surface area contributed by atoms with E-state index in [1.807, 2.05) is 0 Å². The predicted octanol–water partition coefficient (Wildman–Crippen LogP) is 1.52. The fourth-order valence-electron chi connectivity index (χ4n) is 1.37. The summed E-state index contributed by atoms with van der Waals surface area (Å²) in [6.07, 6.45) is 5.24. The molecule has 0 aliphatic heterocycles. The lowest BCUT2D eigenvalue weighted by Gasteiger charge is -2.13. The molecule has 3 nitrogen and oxygen atoms in total. The van der Waals surface area contributed by atoms with Crippen molar-refractivity contribution in [3.8, 4) is 0 Å². The number of hydrogen-bond acceptors (Lipinski definition) is 3. The maximum absolute atomic E-state index is 5.31. The first-order valence-corrected chi connectivity index (χ1v) is 5.82. The molecule has 0 spiro atoms. The van der Waals surface area contributed by atoms with Gasteiger partial charge in [-0.15, -0.1) is 0 Å². The van der Waals surface area contributed by atoms with Crippen molar-refractivity contribution >= 4 is 0 Å². The summed E-state index contributed by atoms with van der Waals surface area (Å²) >= 11 is 0. The van der Waals surface area contributed by atoms with E-state index in [9.17, 15) is 0 Å². The second-order valence-electron chi connectivity index (χ2n) is 3.75.